The van der Waals surface area contributed by atoms with Gasteiger partial charge in [0, 0.05) is 25.9 Å². The Balaban J connectivity index is 3.56. The standard InChI is InChI=1S/C21H38O5/c1-4-5-6-7-8-9-10-11-16-25-20(22)12-13-21(23)26-18-15-19(2)14-17-24-3/h12-13,19H,4-11,14-18H2,1-3H3/b13-12+. The molecule has 0 heterocycles. The molecule has 26 heavy (non-hydrogen) atoms. The Bertz CT molecular complexity index is 379. The fraction of sp³-hybridized carbons (Fsp3) is 0.810. The van der Waals surface area contributed by atoms with Crippen molar-refractivity contribution in [2.75, 3.05) is 26.9 Å². The average molecular weight is 371 g/mol. The highest BCUT2D eigenvalue weighted by Crippen LogP contribution is 2.09. The minimum absolute atomic E-state index is 0.349. The molecule has 0 aliphatic carbocycles. The van der Waals surface area contributed by atoms with Crippen LogP contribution in [0.1, 0.15) is 78.1 Å². The summed E-state index contributed by atoms with van der Waals surface area (Å²) >= 11 is 0. The van der Waals surface area contributed by atoms with Gasteiger partial charge in [-0.3, -0.25) is 0 Å². The third-order valence-electron chi connectivity index (χ3n) is 4.27. The lowest BCUT2D eigenvalue weighted by atomic mass is 10.1. The number of carbonyl (C=O) groups is 2. The molecule has 0 aliphatic heterocycles. The number of hydrogen-bond acceptors (Lipinski definition) is 5. The molecule has 5 nitrogen and oxygen atoms in total. The van der Waals surface area contributed by atoms with Gasteiger partial charge in [0.05, 0.1) is 13.2 Å². The van der Waals surface area contributed by atoms with Crippen LogP contribution in [0.2, 0.25) is 0 Å². The van der Waals surface area contributed by atoms with Crippen LogP contribution in [0.3, 0.4) is 0 Å². The van der Waals surface area contributed by atoms with Crippen molar-refractivity contribution < 1.29 is 23.8 Å². The maximum absolute atomic E-state index is 11.5. The maximum Gasteiger partial charge on any atom is 0.331 e. The van der Waals surface area contributed by atoms with Crippen LogP contribution in [0.25, 0.3) is 0 Å². The largest absolute Gasteiger partial charge is 0.463 e. The summed E-state index contributed by atoms with van der Waals surface area (Å²) in [4.78, 5) is 23.0. The van der Waals surface area contributed by atoms with Crippen molar-refractivity contribution in [1.82, 2.24) is 0 Å². The summed E-state index contributed by atoms with van der Waals surface area (Å²) in [6, 6.07) is 0. The number of rotatable bonds is 17. The summed E-state index contributed by atoms with van der Waals surface area (Å²) in [6.07, 6.45) is 13.6. The van der Waals surface area contributed by atoms with E-state index >= 15 is 0 Å². The number of hydrogen-bond donors (Lipinski definition) is 0. The fourth-order valence-electron chi connectivity index (χ4n) is 2.47. The van der Waals surface area contributed by atoms with E-state index in [2.05, 4.69) is 13.8 Å². The van der Waals surface area contributed by atoms with Crippen LogP contribution in [-0.2, 0) is 23.8 Å². The van der Waals surface area contributed by atoms with E-state index < -0.39 is 11.9 Å². The second-order valence-corrected chi connectivity index (χ2v) is 6.82. The number of methoxy groups -OCH3 is 1. The zero-order chi connectivity index (χ0) is 19.5. The summed E-state index contributed by atoms with van der Waals surface area (Å²) in [5.74, 6) is -0.560. The van der Waals surface area contributed by atoms with Gasteiger partial charge < -0.3 is 14.2 Å². The highest BCUT2D eigenvalue weighted by atomic mass is 16.5. The van der Waals surface area contributed by atoms with E-state index in [9.17, 15) is 9.59 Å². The smallest absolute Gasteiger partial charge is 0.331 e. The van der Waals surface area contributed by atoms with E-state index in [4.69, 9.17) is 14.2 Å². The van der Waals surface area contributed by atoms with Gasteiger partial charge in [0.1, 0.15) is 0 Å². The lowest BCUT2D eigenvalue weighted by Gasteiger charge is -2.09. The molecule has 0 saturated heterocycles. The highest BCUT2D eigenvalue weighted by Gasteiger charge is 2.05. The van der Waals surface area contributed by atoms with Crippen molar-refractivity contribution in [3.63, 3.8) is 0 Å². The van der Waals surface area contributed by atoms with Gasteiger partial charge in [0.2, 0.25) is 0 Å². The van der Waals surface area contributed by atoms with Gasteiger partial charge in [0.25, 0.3) is 0 Å². The number of ether oxygens (including phenoxy) is 3. The molecule has 1 unspecified atom stereocenters. The van der Waals surface area contributed by atoms with Crippen LogP contribution in [0.4, 0.5) is 0 Å². The van der Waals surface area contributed by atoms with Crippen molar-refractivity contribution in [1.29, 1.82) is 0 Å². The lowest BCUT2D eigenvalue weighted by molar-refractivity contribution is -0.140. The first-order valence-electron chi connectivity index (χ1n) is 10.1. The highest BCUT2D eigenvalue weighted by molar-refractivity contribution is 5.91. The SMILES string of the molecule is CCCCCCCCCCOC(=O)/C=C/C(=O)OCCC(C)CCOC. The molecule has 0 aromatic rings. The molecule has 1 atom stereocenters. The Morgan fingerprint density at radius 2 is 1.27 bits per heavy atom. The third-order valence-corrected chi connectivity index (χ3v) is 4.27. The predicted molar refractivity (Wildman–Crippen MR) is 104 cm³/mol. The second-order valence-electron chi connectivity index (χ2n) is 6.82. The van der Waals surface area contributed by atoms with Crippen molar-refractivity contribution in [2.24, 2.45) is 5.92 Å². The number of unbranched alkanes of at least 4 members (excludes halogenated alkanes) is 7. The molecule has 152 valence electrons. The van der Waals surface area contributed by atoms with Crippen LogP contribution >= 0.6 is 0 Å². The van der Waals surface area contributed by atoms with E-state index in [0.29, 0.717) is 25.7 Å². The predicted octanol–water partition coefficient (Wildman–Crippen LogP) is 4.83. The van der Waals surface area contributed by atoms with E-state index in [1.807, 2.05) is 0 Å². The molecule has 5 heteroatoms. The van der Waals surface area contributed by atoms with Gasteiger partial charge in [0.15, 0.2) is 0 Å². The average Bonchev–Trinajstić information content (AvgIpc) is 2.63. The summed E-state index contributed by atoms with van der Waals surface area (Å²) in [6.45, 7) is 5.77. The van der Waals surface area contributed by atoms with Crippen LogP contribution < -0.4 is 0 Å². The molecule has 0 radical (unpaired) electrons. The first-order chi connectivity index (χ1) is 12.6. The molecule has 0 rings (SSSR count). The lowest BCUT2D eigenvalue weighted by Crippen LogP contribution is -2.09. The molecule has 0 N–H and O–H groups in total. The first kappa shape index (κ1) is 24.6. The van der Waals surface area contributed by atoms with Crippen molar-refractivity contribution in [3.05, 3.63) is 12.2 Å². The Morgan fingerprint density at radius 3 is 1.85 bits per heavy atom. The molecule has 0 aromatic carbocycles. The van der Waals surface area contributed by atoms with Gasteiger partial charge in [-0.25, -0.2) is 9.59 Å². The minimum atomic E-state index is -0.507. The maximum atomic E-state index is 11.5. The molecular weight excluding hydrogens is 332 g/mol. The molecule has 0 amide bonds. The Labute approximate surface area is 159 Å². The molecule has 0 aliphatic rings. The van der Waals surface area contributed by atoms with Crippen LogP contribution in [0.5, 0.6) is 0 Å². The normalized spacial score (nSPS) is 12.3. The quantitative estimate of drug-likeness (QED) is 0.208. The van der Waals surface area contributed by atoms with E-state index in [-0.39, 0.29) is 0 Å². The fourth-order valence-corrected chi connectivity index (χ4v) is 2.47. The second kappa shape index (κ2) is 18.4. The van der Waals surface area contributed by atoms with Gasteiger partial charge in [-0.2, -0.15) is 0 Å². The summed E-state index contributed by atoms with van der Waals surface area (Å²) < 4.78 is 15.2. The van der Waals surface area contributed by atoms with Crippen molar-refractivity contribution in [2.45, 2.75) is 78.1 Å². The minimum Gasteiger partial charge on any atom is -0.463 e. The van der Waals surface area contributed by atoms with Gasteiger partial charge in [-0.15, -0.1) is 0 Å². The molecule has 0 aromatic heterocycles. The summed E-state index contributed by atoms with van der Waals surface area (Å²) in [7, 11) is 1.67. The van der Waals surface area contributed by atoms with E-state index in [0.717, 1.165) is 37.8 Å². The molecule has 0 fully saturated rings. The van der Waals surface area contributed by atoms with Gasteiger partial charge >= 0.3 is 11.9 Å². The molecule has 0 spiro atoms. The molecular formula is C21H38O5. The third kappa shape index (κ3) is 17.5. The zero-order valence-corrected chi connectivity index (χ0v) is 17.0. The summed E-state index contributed by atoms with van der Waals surface area (Å²) in [5, 5.41) is 0. The summed E-state index contributed by atoms with van der Waals surface area (Å²) in [5.41, 5.74) is 0. The van der Waals surface area contributed by atoms with Gasteiger partial charge in [-0.1, -0.05) is 58.8 Å². The molecule has 0 bridgehead atoms. The van der Waals surface area contributed by atoms with Crippen LogP contribution in [0.15, 0.2) is 12.2 Å². The Kier molecular flexibility index (Phi) is 17.5. The number of esters is 2. The van der Waals surface area contributed by atoms with Crippen LogP contribution in [0, 0.1) is 5.92 Å². The Morgan fingerprint density at radius 1 is 0.769 bits per heavy atom. The Hall–Kier alpha value is -1.36. The zero-order valence-electron chi connectivity index (χ0n) is 17.0. The topological polar surface area (TPSA) is 61.8 Å². The van der Waals surface area contributed by atoms with Crippen LogP contribution in [-0.4, -0.2) is 38.9 Å². The van der Waals surface area contributed by atoms with Gasteiger partial charge in [-0.05, 0) is 25.2 Å². The van der Waals surface area contributed by atoms with E-state index in [1.165, 1.54) is 38.5 Å². The monoisotopic (exact) mass is 370 g/mol. The van der Waals surface area contributed by atoms with E-state index in [1.54, 1.807) is 7.11 Å². The van der Waals surface area contributed by atoms with Crippen molar-refractivity contribution in [3.8, 4) is 0 Å². The van der Waals surface area contributed by atoms with Crippen molar-refractivity contribution >= 4 is 11.9 Å². The number of carbonyl (C=O) groups excluding carboxylic acids is 2. The molecule has 0 saturated carbocycles. The first-order valence-corrected chi connectivity index (χ1v) is 10.1.